The number of aliphatic hydroxyl groups is 2. The van der Waals surface area contributed by atoms with Crippen LogP contribution >= 0.6 is 0 Å². The van der Waals surface area contributed by atoms with Gasteiger partial charge >= 0.3 is 0 Å². The van der Waals surface area contributed by atoms with Gasteiger partial charge in [-0.3, -0.25) is 4.79 Å². The van der Waals surface area contributed by atoms with Gasteiger partial charge in [0.25, 0.3) is 0 Å². The van der Waals surface area contributed by atoms with Crippen LogP contribution in [0, 0.1) is 0 Å². The Labute approximate surface area is 118 Å². The first-order valence-electron chi connectivity index (χ1n) is 6.35. The van der Waals surface area contributed by atoms with Crippen LogP contribution in [0.25, 0.3) is 0 Å². The Balaban J connectivity index is 2.53. The standard InChI is InChI=1S/C11H22N2O6S/c1-6(2)13-9(14)4-7-10(15)11(16)8(19-7)5-12-20(3,17)18/h6-8,10-12,15-16H,4-5H2,1-3H3,(H,13,14)/t7-,8+,10-,11+/m0/s1. The van der Waals surface area contributed by atoms with Crippen molar-refractivity contribution in [2.75, 3.05) is 12.8 Å². The molecular formula is C11H22N2O6S. The molecule has 9 heteroatoms. The summed E-state index contributed by atoms with van der Waals surface area (Å²) in [7, 11) is -3.41. The number of carbonyl (C=O) groups excluding carboxylic acids is 1. The topological polar surface area (TPSA) is 125 Å². The molecule has 0 radical (unpaired) electrons. The van der Waals surface area contributed by atoms with E-state index in [1.807, 2.05) is 0 Å². The smallest absolute Gasteiger partial charge is 0.222 e. The number of aliphatic hydroxyl groups excluding tert-OH is 2. The first-order chi connectivity index (χ1) is 9.10. The number of sulfonamides is 1. The second kappa shape index (κ2) is 6.81. The monoisotopic (exact) mass is 310 g/mol. The Morgan fingerprint density at radius 1 is 1.25 bits per heavy atom. The Kier molecular flexibility index (Phi) is 5.90. The van der Waals surface area contributed by atoms with Crippen LogP contribution in [0.5, 0.6) is 0 Å². The molecule has 8 nitrogen and oxygen atoms in total. The maximum absolute atomic E-state index is 11.6. The minimum Gasteiger partial charge on any atom is -0.388 e. The molecule has 0 saturated carbocycles. The molecule has 20 heavy (non-hydrogen) atoms. The highest BCUT2D eigenvalue weighted by molar-refractivity contribution is 7.88. The Hall–Kier alpha value is -0.740. The van der Waals surface area contributed by atoms with Crippen molar-refractivity contribution in [1.29, 1.82) is 0 Å². The SMILES string of the molecule is CC(C)NC(=O)C[C@@H]1O[C@H](CNS(C)(=O)=O)[C@@H](O)[C@H]1O. The molecule has 0 aliphatic carbocycles. The highest BCUT2D eigenvalue weighted by Gasteiger charge is 2.43. The van der Waals surface area contributed by atoms with E-state index in [2.05, 4.69) is 10.0 Å². The van der Waals surface area contributed by atoms with Gasteiger partial charge in [-0.25, -0.2) is 13.1 Å². The van der Waals surface area contributed by atoms with Gasteiger partial charge < -0.3 is 20.3 Å². The van der Waals surface area contributed by atoms with Gasteiger partial charge in [0.1, 0.15) is 18.3 Å². The quantitative estimate of drug-likeness (QED) is 0.447. The lowest BCUT2D eigenvalue weighted by atomic mass is 10.1. The zero-order chi connectivity index (χ0) is 15.5. The van der Waals surface area contributed by atoms with Crippen molar-refractivity contribution in [2.45, 2.75) is 50.7 Å². The van der Waals surface area contributed by atoms with E-state index in [1.54, 1.807) is 13.8 Å². The minimum absolute atomic E-state index is 0.0336. The van der Waals surface area contributed by atoms with E-state index in [1.165, 1.54) is 0 Å². The summed E-state index contributed by atoms with van der Waals surface area (Å²) in [4.78, 5) is 11.6. The summed E-state index contributed by atoms with van der Waals surface area (Å²) in [5.41, 5.74) is 0. The number of hydrogen-bond acceptors (Lipinski definition) is 6. The van der Waals surface area contributed by atoms with Gasteiger partial charge in [0.05, 0.1) is 18.8 Å². The van der Waals surface area contributed by atoms with E-state index >= 15 is 0 Å². The molecule has 0 aromatic rings. The van der Waals surface area contributed by atoms with E-state index < -0.39 is 34.4 Å². The van der Waals surface area contributed by atoms with Crippen molar-refractivity contribution in [3.63, 3.8) is 0 Å². The average Bonchev–Trinajstić information content (AvgIpc) is 2.52. The molecule has 1 fully saturated rings. The van der Waals surface area contributed by atoms with Crippen LogP contribution in [0.3, 0.4) is 0 Å². The zero-order valence-electron chi connectivity index (χ0n) is 11.7. The molecule has 0 aromatic carbocycles. The Morgan fingerprint density at radius 2 is 1.80 bits per heavy atom. The summed E-state index contributed by atoms with van der Waals surface area (Å²) in [5.74, 6) is -0.298. The molecule has 1 rings (SSSR count). The normalized spacial score (nSPS) is 30.7. The largest absolute Gasteiger partial charge is 0.388 e. The highest BCUT2D eigenvalue weighted by Crippen LogP contribution is 2.23. The predicted octanol–water partition coefficient (Wildman–Crippen LogP) is -2.06. The first-order valence-corrected chi connectivity index (χ1v) is 8.25. The maximum atomic E-state index is 11.6. The number of rotatable bonds is 6. The van der Waals surface area contributed by atoms with Crippen LogP contribution in [0.15, 0.2) is 0 Å². The summed E-state index contributed by atoms with van der Waals surface area (Å²) in [6, 6.07) is -0.0336. The van der Waals surface area contributed by atoms with Crippen molar-refractivity contribution < 1.29 is 28.2 Å². The second-order valence-corrected chi connectivity index (χ2v) is 7.07. The molecule has 1 saturated heterocycles. The van der Waals surface area contributed by atoms with Crippen molar-refractivity contribution in [2.24, 2.45) is 0 Å². The van der Waals surface area contributed by atoms with Gasteiger partial charge in [-0.15, -0.1) is 0 Å². The molecule has 1 aliphatic heterocycles. The molecule has 0 bridgehead atoms. The minimum atomic E-state index is -3.41. The van der Waals surface area contributed by atoms with Crippen LogP contribution < -0.4 is 10.0 Å². The van der Waals surface area contributed by atoms with Gasteiger partial charge in [-0.05, 0) is 13.8 Å². The predicted molar refractivity (Wildman–Crippen MR) is 71.4 cm³/mol. The third-order valence-electron chi connectivity index (χ3n) is 2.84. The van der Waals surface area contributed by atoms with Crippen LogP contribution in [0.4, 0.5) is 0 Å². The fourth-order valence-corrected chi connectivity index (χ4v) is 2.43. The Bertz CT molecular complexity index is 438. The molecule has 1 heterocycles. The number of nitrogens with one attached hydrogen (secondary N) is 2. The van der Waals surface area contributed by atoms with Crippen LogP contribution in [0.2, 0.25) is 0 Å². The molecule has 0 unspecified atom stereocenters. The molecule has 4 N–H and O–H groups in total. The Morgan fingerprint density at radius 3 is 2.30 bits per heavy atom. The summed E-state index contributed by atoms with van der Waals surface area (Å²) in [6.07, 6.45) is -3.29. The fraction of sp³-hybridized carbons (Fsp3) is 0.909. The fourth-order valence-electron chi connectivity index (χ4n) is 1.96. The van der Waals surface area contributed by atoms with Crippen LogP contribution in [-0.2, 0) is 19.6 Å². The van der Waals surface area contributed by atoms with Crippen molar-refractivity contribution in [3.8, 4) is 0 Å². The lowest BCUT2D eigenvalue weighted by Gasteiger charge is -2.15. The molecule has 1 aliphatic rings. The summed E-state index contributed by atoms with van der Waals surface area (Å²) >= 11 is 0. The van der Waals surface area contributed by atoms with Gasteiger partial charge in [-0.1, -0.05) is 0 Å². The third kappa shape index (κ3) is 5.33. The molecule has 1 amide bonds. The molecule has 0 spiro atoms. The van der Waals surface area contributed by atoms with Gasteiger partial charge in [0, 0.05) is 12.6 Å². The van der Waals surface area contributed by atoms with E-state index in [-0.39, 0.29) is 24.9 Å². The lowest BCUT2D eigenvalue weighted by molar-refractivity contribution is -0.125. The number of ether oxygens (including phenoxy) is 1. The third-order valence-corrected chi connectivity index (χ3v) is 3.54. The second-order valence-electron chi connectivity index (χ2n) is 5.24. The van der Waals surface area contributed by atoms with Gasteiger partial charge in [0.2, 0.25) is 15.9 Å². The van der Waals surface area contributed by atoms with E-state index in [4.69, 9.17) is 4.74 Å². The maximum Gasteiger partial charge on any atom is 0.222 e. The van der Waals surface area contributed by atoms with Crippen LogP contribution in [-0.4, -0.2) is 67.8 Å². The van der Waals surface area contributed by atoms with Gasteiger partial charge in [-0.2, -0.15) is 0 Å². The zero-order valence-corrected chi connectivity index (χ0v) is 12.6. The first kappa shape index (κ1) is 17.3. The summed E-state index contributed by atoms with van der Waals surface area (Å²) in [5, 5.41) is 22.2. The van der Waals surface area contributed by atoms with Crippen molar-refractivity contribution >= 4 is 15.9 Å². The van der Waals surface area contributed by atoms with Crippen molar-refractivity contribution in [1.82, 2.24) is 10.0 Å². The number of hydrogen-bond donors (Lipinski definition) is 4. The number of amides is 1. The van der Waals surface area contributed by atoms with Crippen molar-refractivity contribution in [3.05, 3.63) is 0 Å². The molecule has 0 aromatic heterocycles. The molecular weight excluding hydrogens is 288 g/mol. The van der Waals surface area contributed by atoms with E-state index in [0.29, 0.717) is 0 Å². The summed E-state index contributed by atoms with van der Waals surface area (Å²) in [6.45, 7) is 3.45. The lowest BCUT2D eigenvalue weighted by Crippen LogP contribution is -2.40. The van der Waals surface area contributed by atoms with Crippen LogP contribution in [0.1, 0.15) is 20.3 Å². The van der Waals surface area contributed by atoms with Gasteiger partial charge in [0.15, 0.2) is 0 Å². The van der Waals surface area contributed by atoms with E-state index in [9.17, 15) is 23.4 Å². The van der Waals surface area contributed by atoms with E-state index in [0.717, 1.165) is 6.26 Å². The average molecular weight is 310 g/mol. The highest BCUT2D eigenvalue weighted by atomic mass is 32.2. The molecule has 118 valence electrons. The summed E-state index contributed by atoms with van der Waals surface area (Å²) < 4.78 is 29.5. The number of carbonyl (C=O) groups is 1. The molecule has 4 atom stereocenters.